The van der Waals surface area contributed by atoms with Crippen LogP contribution in [0.25, 0.3) is 0 Å². The predicted octanol–water partition coefficient (Wildman–Crippen LogP) is 3.90. The van der Waals surface area contributed by atoms with E-state index in [1.54, 1.807) is 13.0 Å². The molecule has 0 aliphatic carbocycles. The smallest absolute Gasteiger partial charge is 0.324 e. The molecule has 0 amide bonds. The van der Waals surface area contributed by atoms with Crippen molar-refractivity contribution in [2.45, 2.75) is 44.7 Å². The fourth-order valence-electron chi connectivity index (χ4n) is 3.05. The molecule has 1 atom stereocenters. The molecule has 0 saturated carbocycles. The quantitative estimate of drug-likeness (QED) is 0.307. The van der Waals surface area contributed by atoms with E-state index >= 15 is 0 Å². The Bertz CT molecular complexity index is 1020. The van der Waals surface area contributed by atoms with Gasteiger partial charge < -0.3 is 4.74 Å². The monoisotopic (exact) mass is 452 g/mol. The van der Waals surface area contributed by atoms with Crippen LogP contribution in [0.3, 0.4) is 0 Å². The summed E-state index contributed by atoms with van der Waals surface area (Å²) in [5.41, 5.74) is -0.185. The Morgan fingerprint density at radius 1 is 1.16 bits per heavy atom. The van der Waals surface area contributed by atoms with Crippen molar-refractivity contribution in [3.63, 3.8) is 0 Å². The lowest BCUT2D eigenvalue weighted by molar-refractivity contribution is -0.384. The number of non-ortho nitro benzene ring substituents is 1. The molecular formula is C21H25FN2O6S. The van der Waals surface area contributed by atoms with Crippen molar-refractivity contribution < 1.29 is 27.3 Å². The summed E-state index contributed by atoms with van der Waals surface area (Å²) in [7, 11) is -4.32. The van der Waals surface area contributed by atoms with Crippen LogP contribution in [-0.2, 0) is 26.1 Å². The summed E-state index contributed by atoms with van der Waals surface area (Å²) in [6.07, 6.45) is 0.152. The highest BCUT2D eigenvalue weighted by molar-refractivity contribution is 7.89. The molecule has 0 aromatic heterocycles. The van der Waals surface area contributed by atoms with Crippen LogP contribution in [0.2, 0.25) is 0 Å². The number of esters is 1. The molecule has 1 unspecified atom stereocenters. The predicted molar refractivity (Wildman–Crippen MR) is 112 cm³/mol. The fraction of sp³-hybridized carbons (Fsp3) is 0.381. The molecule has 2 aromatic carbocycles. The van der Waals surface area contributed by atoms with Gasteiger partial charge in [-0.2, -0.15) is 4.31 Å². The average Bonchev–Trinajstić information content (AvgIpc) is 2.71. The maximum Gasteiger partial charge on any atom is 0.324 e. The highest BCUT2D eigenvalue weighted by atomic mass is 32.2. The van der Waals surface area contributed by atoms with Crippen LogP contribution in [0.5, 0.6) is 0 Å². The number of benzene rings is 2. The summed E-state index contributed by atoms with van der Waals surface area (Å²) in [5.74, 6) is -1.42. The van der Waals surface area contributed by atoms with E-state index in [9.17, 15) is 27.7 Å². The van der Waals surface area contributed by atoms with Crippen LogP contribution in [0.4, 0.5) is 10.1 Å². The lowest BCUT2D eigenvalue weighted by Crippen LogP contribution is -2.46. The molecule has 0 spiro atoms. The number of halogens is 1. The van der Waals surface area contributed by atoms with Crippen LogP contribution >= 0.6 is 0 Å². The maximum atomic E-state index is 14.3. The van der Waals surface area contributed by atoms with Gasteiger partial charge in [0.05, 0.1) is 16.4 Å². The molecule has 0 fully saturated rings. The number of nitro benzene ring substituents is 1. The second kappa shape index (κ2) is 10.5. The van der Waals surface area contributed by atoms with Gasteiger partial charge in [0.1, 0.15) is 11.9 Å². The molecule has 8 nitrogen and oxygen atoms in total. The first-order valence-electron chi connectivity index (χ1n) is 9.74. The molecular weight excluding hydrogens is 427 g/mol. The Morgan fingerprint density at radius 3 is 2.29 bits per heavy atom. The van der Waals surface area contributed by atoms with Crippen molar-refractivity contribution in [1.82, 2.24) is 4.31 Å². The van der Waals surface area contributed by atoms with Crippen molar-refractivity contribution in [3.05, 3.63) is 70.0 Å². The lowest BCUT2D eigenvalue weighted by Gasteiger charge is -2.30. The van der Waals surface area contributed by atoms with Crippen molar-refractivity contribution in [1.29, 1.82) is 0 Å². The van der Waals surface area contributed by atoms with E-state index in [-0.39, 0.29) is 35.1 Å². The second-order valence-electron chi connectivity index (χ2n) is 7.29. The first kappa shape index (κ1) is 24.4. The molecule has 0 bridgehead atoms. The van der Waals surface area contributed by atoms with E-state index in [4.69, 9.17) is 4.74 Å². The minimum Gasteiger partial charge on any atom is -0.465 e. The van der Waals surface area contributed by atoms with E-state index in [2.05, 4.69) is 0 Å². The van der Waals surface area contributed by atoms with Crippen molar-refractivity contribution in [3.8, 4) is 0 Å². The summed E-state index contributed by atoms with van der Waals surface area (Å²) < 4.78 is 47.3. The van der Waals surface area contributed by atoms with Crippen LogP contribution < -0.4 is 0 Å². The Labute approximate surface area is 180 Å². The normalized spacial score (nSPS) is 12.7. The molecule has 31 heavy (non-hydrogen) atoms. The second-order valence-corrected chi connectivity index (χ2v) is 9.18. The Kier molecular flexibility index (Phi) is 8.23. The number of ether oxygens (including phenoxy) is 1. The summed E-state index contributed by atoms with van der Waals surface area (Å²) in [6, 6.07) is 8.81. The summed E-state index contributed by atoms with van der Waals surface area (Å²) in [5, 5.41) is 10.9. The zero-order valence-corrected chi connectivity index (χ0v) is 18.3. The third-order valence-corrected chi connectivity index (χ3v) is 6.41. The molecule has 0 radical (unpaired) electrons. The van der Waals surface area contributed by atoms with Gasteiger partial charge in [-0.3, -0.25) is 14.9 Å². The van der Waals surface area contributed by atoms with Gasteiger partial charge in [0.2, 0.25) is 10.0 Å². The Morgan fingerprint density at radius 2 is 1.77 bits per heavy atom. The maximum absolute atomic E-state index is 14.3. The van der Waals surface area contributed by atoms with Gasteiger partial charge in [-0.05, 0) is 37.5 Å². The molecule has 168 valence electrons. The number of nitrogens with zero attached hydrogens (tertiary/aromatic N) is 2. The van der Waals surface area contributed by atoms with Gasteiger partial charge in [0.25, 0.3) is 5.69 Å². The first-order chi connectivity index (χ1) is 14.6. The Hall–Kier alpha value is -2.85. The number of carbonyl (C=O) groups excluding carboxylic acids is 1. The first-order valence-corrected chi connectivity index (χ1v) is 11.2. The number of carbonyl (C=O) groups is 1. The van der Waals surface area contributed by atoms with Gasteiger partial charge in [0, 0.05) is 24.2 Å². The van der Waals surface area contributed by atoms with Gasteiger partial charge in [-0.25, -0.2) is 12.8 Å². The molecule has 0 heterocycles. The molecule has 0 saturated heterocycles. The van der Waals surface area contributed by atoms with E-state index in [0.717, 1.165) is 28.6 Å². The van der Waals surface area contributed by atoms with Crippen LogP contribution in [-0.4, -0.2) is 36.3 Å². The zero-order valence-electron chi connectivity index (χ0n) is 17.5. The van der Waals surface area contributed by atoms with E-state index in [1.807, 2.05) is 13.8 Å². The van der Waals surface area contributed by atoms with Crippen LogP contribution in [0.1, 0.15) is 32.8 Å². The number of sulfonamides is 1. The highest BCUT2D eigenvalue weighted by Crippen LogP contribution is 2.27. The number of hydrogen-bond acceptors (Lipinski definition) is 6. The van der Waals surface area contributed by atoms with Crippen LogP contribution in [0, 0.1) is 21.8 Å². The van der Waals surface area contributed by atoms with Crippen molar-refractivity contribution >= 4 is 21.7 Å². The number of nitro groups is 1. The van der Waals surface area contributed by atoms with E-state index in [1.165, 1.54) is 18.2 Å². The van der Waals surface area contributed by atoms with Crippen LogP contribution in [0.15, 0.2) is 53.4 Å². The minimum atomic E-state index is -4.32. The van der Waals surface area contributed by atoms with Gasteiger partial charge in [0.15, 0.2) is 0 Å². The van der Waals surface area contributed by atoms with E-state index < -0.39 is 39.3 Å². The largest absolute Gasteiger partial charge is 0.465 e. The third kappa shape index (κ3) is 6.08. The molecule has 2 rings (SSSR count). The van der Waals surface area contributed by atoms with Gasteiger partial charge >= 0.3 is 5.97 Å². The van der Waals surface area contributed by atoms with Crippen molar-refractivity contribution in [2.75, 3.05) is 6.61 Å². The minimum absolute atomic E-state index is 0.0541. The summed E-state index contributed by atoms with van der Waals surface area (Å²) in [6.45, 7) is 4.91. The molecule has 2 aromatic rings. The highest BCUT2D eigenvalue weighted by Gasteiger charge is 2.38. The number of hydrogen-bond donors (Lipinski definition) is 0. The molecule has 0 N–H and O–H groups in total. The summed E-state index contributed by atoms with van der Waals surface area (Å²) >= 11 is 0. The summed E-state index contributed by atoms with van der Waals surface area (Å²) in [4.78, 5) is 22.7. The SMILES string of the molecule is CCOC(=O)C(CC(C)C)N(Cc1ccccc1F)S(=O)(=O)c1ccc([N+](=O)[O-])cc1. The van der Waals surface area contributed by atoms with Crippen molar-refractivity contribution in [2.24, 2.45) is 5.92 Å². The molecule has 0 aliphatic heterocycles. The lowest BCUT2D eigenvalue weighted by atomic mass is 10.0. The number of rotatable bonds is 10. The van der Waals surface area contributed by atoms with E-state index in [0.29, 0.717) is 0 Å². The van der Waals surface area contributed by atoms with Gasteiger partial charge in [-0.15, -0.1) is 0 Å². The third-order valence-electron chi connectivity index (χ3n) is 4.54. The Balaban J connectivity index is 2.59. The average molecular weight is 453 g/mol. The van der Waals surface area contributed by atoms with Gasteiger partial charge in [-0.1, -0.05) is 32.0 Å². The fourth-order valence-corrected chi connectivity index (χ4v) is 4.62. The topological polar surface area (TPSA) is 107 Å². The molecule has 10 heteroatoms. The standard InChI is InChI=1S/C21H25FN2O6S/c1-4-30-21(25)20(13-15(2)3)23(14-16-7-5-6-8-19(16)22)31(28,29)18-11-9-17(10-12-18)24(26)27/h5-12,15,20H,4,13-14H2,1-3H3. The molecule has 0 aliphatic rings. The zero-order chi connectivity index (χ0) is 23.2.